The topological polar surface area (TPSA) is 224 Å². The van der Waals surface area contributed by atoms with E-state index in [0.29, 0.717) is 5.56 Å². The van der Waals surface area contributed by atoms with Gasteiger partial charge in [-0.25, -0.2) is 0 Å². The number of H-pyrrole nitrogens is 1. The first-order valence-electron chi connectivity index (χ1n) is 10.3. The molecule has 34 heavy (non-hydrogen) atoms. The van der Waals surface area contributed by atoms with Crippen molar-refractivity contribution in [2.45, 2.75) is 43.9 Å². The molecule has 0 radical (unpaired) electrons. The average molecular weight is 477 g/mol. The normalized spacial score (nSPS) is 14.4. The number of fused-ring (bicyclic) bond motifs is 1. The van der Waals surface area contributed by atoms with Gasteiger partial charge in [0.25, 0.3) is 0 Å². The number of carboxylic acids is 2. The number of aliphatic hydroxyl groups excluding tert-OH is 1. The summed E-state index contributed by atoms with van der Waals surface area (Å²) in [6.07, 6.45) is 0.759. The van der Waals surface area contributed by atoms with E-state index in [9.17, 15) is 24.0 Å². The van der Waals surface area contributed by atoms with Gasteiger partial charge in [-0.05, 0) is 18.6 Å². The van der Waals surface area contributed by atoms with Crippen LogP contribution in [0.5, 0.6) is 0 Å². The van der Waals surface area contributed by atoms with Gasteiger partial charge in [0.1, 0.15) is 24.2 Å². The minimum atomic E-state index is -1.60. The summed E-state index contributed by atoms with van der Waals surface area (Å²) in [7, 11) is 0. The fraction of sp³-hybridized carbons (Fsp3) is 0.381. The Labute approximate surface area is 193 Å². The van der Waals surface area contributed by atoms with E-state index in [1.54, 1.807) is 24.4 Å². The van der Waals surface area contributed by atoms with Gasteiger partial charge < -0.3 is 42.0 Å². The predicted molar refractivity (Wildman–Crippen MR) is 118 cm³/mol. The fourth-order valence-electron chi connectivity index (χ4n) is 3.12. The lowest BCUT2D eigenvalue weighted by atomic mass is 10.0. The molecular weight excluding hydrogens is 450 g/mol. The number of aromatic amines is 1. The summed E-state index contributed by atoms with van der Waals surface area (Å²) in [4.78, 5) is 63.1. The van der Waals surface area contributed by atoms with Crippen LogP contribution in [0.1, 0.15) is 18.9 Å². The number of nitrogens with one attached hydrogen (secondary N) is 4. The SMILES string of the molecule is CC(NC(=O)C(Cc1c[nH]c2ccccc12)NC(=O)C(CC(=O)O)NC(=O)C(N)CO)C(=O)O. The number of rotatable bonds is 12. The summed E-state index contributed by atoms with van der Waals surface area (Å²) in [6, 6.07) is 1.65. The molecule has 184 valence electrons. The Morgan fingerprint density at radius 3 is 2.21 bits per heavy atom. The van der Waals surface area contributed by atoms with E-state index < -0.39 is 66.9 Å². The monoisotopic (exact) mass is 477 g/mol. The molecule has 0 aliphatic heterocycles. The van der Waals surface area contributed by atoms with Crippen LogP contribution in [0.4, 0.5) is 0 Å². The van der Waals surface area contributed by atoms with Crippen LogP contribution in [0.15, 0.2) is 30.5 Å². The second-order valence-corrected chi connectivity index (χ2v) is 7.64. The zero-order chi connectivity index (χ0) is 25.4. The third-order valence-electron chi connectivity index (χ3n) is 5.01. The Balaban J connectivity index is 2.29. The summed E-state index contributed by atoms with van der Waals surface area (Å²) >= 11 is 0. The van der Waals surface area contributed by atoms with Crippen LogP contribution < -0.4 is 21.7 Å². The highest BCUT2D eigenvalue weighted by atomic mass is 16.4. The molecule has 0 spiro atoms. The number of aromatic nitrogens is 1. The molecule has 0 fully saturated rings. The minimum Gasteiger partial charge on any atom is -0.481 e. The van der Waals surface area contributed by atoms with Crippen LogP contribution in [-0.4, -0.2) is 80.7 Å². The smallest absolute Gasteiger partial charge is 0.325 e. The second kappa shape index (κ2) is 11.8. The molecule has 3 amide bonds. The molecule has 4 unspecified atom stereocenters. The number of carboxylic acid groups (broad SMARTS) is 2. The van der Waals surface area contributed by atoms with Crippen LogP contribution in [0.25, 0.3) is 10.9 Å². The number of hydrogen-bond acceptors (Lipinski definition) is 7. The number of nitrogens with two attached hydrogens (primary N) is 1. The number of hydrogen-bond donors (Lipinski definition) is 8. The maximum absolute atomic E-state index is 12.9. The van der Waals surface area contributed by atoms with Gasteiger partial charge in [0.05, 0.1) is 13.0 Å². The fourth-order valence-corrected chi connectivity index (χ4v) is 3.12. The minimum absolute atomic E-state index is 0.0577. The first-order chi connectivity index (χ1) is 16.0. The highest BCUT2D eigenvalue weighted by Gasteiger charge is 2.31. The molecule has 4 atom stereocenters. The maximum Gasteiger partial charge on any atom is 0.325 e. The second-order valence-electron chi connectivity index (χ2n) is 7.64. The molecule has 0 saturated heterocycles. The lowest BCUT2D eigenvalue weighted by molar-refractivity contribution is -0.143. The van der Waals surface area contributed by atoms with Gasteiger partial charge in [0, 0.05) is 23.5 Å². The zero-order valence-corrected chi connectivity index (χ0v) is 18.3. The molecule has 2 aromatic rings. The number of para-hydroxylation sites is 1. The van der Waals surface area contributed by atoms with Gasteiger partial charge in [-0.1, -0.05) is 18.2 Å². The van der Waals surface area contributed by atoms with Crippen molar-refractivity contribution in [2.75, 3.05) is 6.61 Å². The van der Waals surface area contributed by atoms with E-state index in [1.165, 1.54) is 6.92 Å². The Kier molecular flexibility index (Phi) is 9.10. The van der Waals surface area contributed by atoms with E-state index >= 15 is 0 Å². The summed E-state index contributed by atoms with van der Waals surface area (Å²) in [6.45, 7) is 0.514. The van der Waals surface area contributed by atoms with Crippen molar-refractivity contribution in [1.82, 2.24) is 20.9 Å². The van der Waals surface area contributed by atoms with E-state index in [-0.39, 0.29) is 6.42 Å². The number of aliphatic hydroxyl groups is 1. The molecule has 1 aromatic carbocycles. The van der Waals surface area contributed by atoms with Crippen molar-refractivity contribution in [3.05, 3.63) is 36.0 Å². The molecule has 13 heteroatoms. The van der Waals surface area contributed by atoms with Crippen LogP contribution in [-0.2, 0) is 30.4 Å². The van der Waals surface area contributed by atoms with Crippen LogP contribution in [0.2, 0.25) is 0 Å². The van der Waals surface area contributed by atoms with Gasteiger partial charge in [0.2, 0.25) is 17.7 Å². The first kappa shape index (κ1) is 26.3. The Morgan fingerprint density at radius 2 is 1.59 bits per heavy atom. The average Bonchev–Trinajstić information content (AvgIpc) is 3.19. The molecule has 1 aromatic heterocycles. The van der Waals surface area contributed by atoms with Crippen molar-refractivity contribution in [3.63, 3.8) is 0 Å². The summed E-state index contributed by atoms with van der Waals surface area (Å²) in [5.74, 6) is -5.47. The summed E-state index contributed by atoms with van der Waals surface area (Å²) in [5, 5.41) is 34.8. The number of carbonyl (C=O) groups is 5. The van der Waals surface area contributed by atoms with Crippen molar-refractivity contribution in [3.8, 4) is 0 Å². The molecule has 0 saturated carbocycles. The molecule has 13 nitrogen and oxygen atoms in total. The lowest BCUT2D eigenvalue weighted by Crippen LogP contribution is -2.58. The Hall–Kier alpha value is -3.97. The van der Waals surface area contributed by atoms with E-state index in [0.717, 1.165) is 10.9 Å². The van der Waals surface area contributed by atoms with Gasteiger partial charge in [-0.15, -0.1) is 0 Å². The van der Waals surface area contributed by atoms with Gasteiger partial charge in [-0.2, -0.15) is 0 Å². The van der Waals surface area contributed by atoms with Gasteiger partial charge in [0.15, 0.2) is 0 Å². The Bertz CT molecular complexity index is 1070. The summed E-state index contributed by atoms with van der Waals surface area (Å²) in [5.41, 5.74) is 6.82. The van der Waals surface area contributed by atoms with E-state index in [4.69, 9.17) is 21.1 Å². The van der Waals surface area contributed by atoms with Gasteiger partial charge in [-0.3, -0.25) is 24.0 Å². The quantitative estimate of drug-likeness (QED) is 0.170. The molecular formula is C21H27N5O8. The molecule has 0 aliphatic carbocycles. The van der Waals surface area contributed by atoms with Gasteiger partial charge >= 0.3 is 11.9 Å². The molecule has 0 aliphatic rings. The lowest BCUT2D eigenvalue weighted by Gasteiger charge is -2.24. The van der Waals surface area contributed by atoms with E-state index in [1.807, 2.05) is 6.07 Å². The van der Waals surface area contributed by atoms with Crippen molar-refractivity contribution in [2.24, 2.45) is 5.73 Å². The van der Waals surface area contributed by atoms with Crippen molar-refractivity contribution >= 4 is 40.6 Å². The largest absolute Gasteiger partial charge is 0.481 e. The molecule has 2 rings (SSSR count). The van der Waals surface area contributed by atoms with Crippen molar-refractivity contribution in [1.29, 1.82) is 0 Å². The number of aliphatic carboxylic acids is 2. The molecule has 9 N–H and O–H groups in total. The van der Waals surface area contributed by atoms with Crippen LogP contribution in [0.3, 0.4) is 0 Å². The highest BCUT2D eigenvalue weighted by Crippen LogP contribution is 2.19. The Morgan fingerprint density at radius 1 is 0.971 bits per heavy atom. The third kappa shape index (κ3) is 7.02. The van der Waals surface area contributed by atoms with Crippen LogP contribution >= 0.6 is 0 Å². The maximum atomic E-state index is 12.9. The van der Waals surface area contributed by atoms with Crippen molar-refractivity contribution < 1.29 is 39.3 Å². The number of carbonyl (C=O) groups excluding carboxylic acids is 3. The number of amides is 3. The highest BCUT2D eigenvalue weighted by molar-refractivity contribution is 5.96. The zero-order valence-electron chi connectivity index (χ0n) is 18.3. The third-order valence-corrected chi connectivity index (χ3v) is 5.01. The summed E-state index contributed by atoms with van der Waals surface area (Å²) < 4.78 is 0. The predicted octanol–water partition coefficient (Wildman–Crippen LogP) is -1.94. The standard InChI is InChI=1S/C21H27N5O8/c1-10(21(33)34)24-19(31)15(6-11-8-23-14-5-3-2-4-12(11)14)26-20(32)16(7-17(28)29)25-18(30)13(22)9-27/h2-5,8,10,13,15-16,23,27H,6-7,9,22H2,1H3,(H,24,31)(H,25,30)(H,26,32)(H,28,29)(H,33,34). The molecule has 0 bridgehead atoms. The molecule has 1 heterocycles. The number of benzene rings is 1. The van der Waals surface area contributed by atoms with Crippen LogP contribution in [0, 0.1) is 0 Å². The first-order valence-corrected chi connectivity index (χ1v) is 10.3. The van der Waals surface area contributed by atoms with E-state index in [2.05, 4.69) is 20.9 Å².